The third-order valence-corrected chi connectivity index (χ3v) is 2.94. The van der Waals surface area contributed by atoms with Crippen LogP contribution >= 0.6 is 22.6 Å². The topological polar surface area (TPSA) is 57.6 Å². The Morgan fingerprint density at radius 3 is 2.93 bits per heavy atom. The molecule has 0 unspecified atom stereocenters. The van der Waals surface area contributed by atoms with E-state index in [2.05, 4.69) is 22.6 Å². The fourth-order valence-corrected chi connectivity index (χ4v) is 2.22. The largest absolute Gasteiger partial charge is 0.480 e. The fraction of sp³-hybridized carbons (Fsp3) is 0.200. The van der Waals surface area contributed by atoms with E-state index < -0.39 is 5.97 Å². The summed E-state index contributed by atoms with van der Waals surface area (Å²) in [6.45, 7) is -0.258. The molecule has 0 aliphatic carbocycles. The number of rotatable bonds is 2. The molecule has 78 valence electrons. The molecule has 5 heteroatoms. The normalized spacial score (nSPS) is 14.2. The van der Waals surface area contributed by atoms with Crippen molar-refractivity contribution in [2.75, 3.05) is 11.4 Å². The van der Waals surface area contributed by atoms with Gasteiger partial charge in [-0.15, -0.1) is 0 Å². The molecule has 0 atom stereocenters. The summed E-state index contributed by atoms with van der Waals surface area (Å²) in [5, 5.41) is 8.68. The van der Waals surface area contributed by atoms with Crippen molar-refractivity contribution in [2.24, 2.45) is 0 Å². The van der Waals surface area contributed by atoms with Gasteiger partial charge in [-0.2, -0.15) is 0 Å². The molecule has 1 heterocycles. The quantitative estimate of drug-likeness (QED) is 0.836. The van der Waals surface area contributed by atoms with Crippen LogP contribution in [-0.4, -0.2) is 23.5 Å². The average Bonchev–Trinajstić information content (AvgIpc) is 2.41. The number of hydrogen-bond acceptors (Lipinski definition) is 2. The van der Waals surface area contributed by atoms with Crippen molar-refractivity contribution >= 4 is 40.2 Å². The first-order chi connectivity index (χ1) is 7.08. The second kappa shape index (κ2) is 3.80. The van der Waals surface area contributed by atoms with E-state index in [9.17, 15) is 9.59 Å². The lowest BCUT2D eigenvalue weighted by molar-refractivity contribution is -0.136. The van der Waals surface area contributed by atoms with Crippen LogP contribution in [-0.2, 0) is 16.0 Å². The molecule has 0 saturated heterocycles. The molecular weight excluding hydrogens is 309 g/mol. The van der Waals surface area contributed by atoms with E-state index in [1.54, 1.807) is 6.07 Å². The molecule has 1 N–H and O–H groups in total. The van der Waals surface area contributed by atoms with Crippen molar-refractivity contribution in [1.29, 1.82) is 0 Å². The van der Waals surface area contributed by atoms with E-state index >= 15 is 0 Å². The van der Waals surface area contributed by atoms with Gasteiger partial charge in [0.15, 0.2) is 0 Å². The Morgan fingerprint density at radius 2 is 2.27 bits per heavy atom. The van der Waals surface area contributed by atoms with Crippen molar-refractivity contribution < 1.29 is 14.7 Å². The molecule has 1 aliphatic heterocycles. The van der Waals surface area contributed by atoms with Crippen LogP contribution in [0.4, 0.5) is 5.69 Å². The predicted molar refractivity (Wildman–Crippen MR) is 62.9 cm³/mol. The molecule has 1 aromatic rings. The first-order valence-corrected chi connectivity index (χ1v) is 5.46. The average molecular weight is 317 g/mol. The Kier molecular flexibility index (Phi) is 2.64. The lowest BCUT2D eigenvalue weighted by Gasteiger charge is -2.14. The van der Waals surface area contributed by atoms with Gasteiger partial charge >= 0.3 is 5.97 Å². The van der Waals surface area contributed by atoms with Gasteiger partial charge < -0.3 is 10.0 Å². The number of carboxylic acid groups (broad SMARTS) is 1. The van der Waals surface area contributed by atoms with Crippen molar-refractivity contribution in [2.45, 2.75) is 6.42 Å². The molecule has 0 spiro atoms. The van der Waals surface area contributed by atoms with Crippen LogP contribution in [0, 0.1) is 3.57 Å². The summed E-state index contributed by atoms with van der Waals surface area (Å²) in [7, 11) is 0. The number of amides is 1. The van der Waals surface area contributed by atoms with Crippen LogP contribution in [0.15, 0.2) is 18.2 Å². The molecule has 4 nitrogen and oxygen atoms in total. The number of carbonyl (C=O) groups excluding carboxylic acids is 1. The number of carbonyl (C=O) groups is 2. The molecule has 0 fully saturated rings. The Bertz CT molecular complexity index is 444. The number of anilines is 1. The maximum absolute atomic E-state index is 11.5. The number of nitrogens with zero attached hydrogens (tertiary/aromatic N) is 1. The summed E-state index contributed by atoms with van der Waals surface area (Å²) >= 11 is 2.17. The minimum Gasteiger partial charge on any atom is -0.480 e. The van der Waals surface area contributed by atoms with Gasteiger partial charge in [0.2, 0.25) is 5.91 Å². The summed E-state index contributed by atoms with van der Waals surface area (Å²) in [6.07, 6.45) is 0.305. The molecule has 0 radical (unpaired) electrons. The van der Waals surface area contributed by atoms with E-state index in [0.717, 1.165) is 14.8 Å². The molecule has 0 saturated carbocycles. The van der Waals surface area contributed by atoms with Crippen LogP contribution in [0.1, 0.15) is 5.56 Å². The number of halogens is 1. The molecule has 15 heavy (non-hydrogen) atoms. The summed E-state index contributed by atoms with van der Waals surface area (Å²) < 4.78 is 1.05. The maximum Gasteiger partial charge on any atom is 0.323 e. The highest BCUT2D eigenvalue weighted by atomic mass is 127. The van der Waals surface area contributed by atoms with Crippen molar-refractivity contribution in [3.8, 4) is 0 Å². The van der Waals surface area contributed by atoms with Gasteiger partial charge in [0.1, 0.15) is 6.54 Å². The van der Waals surface area contributed by atoms with Gasteiger partial charge in [-0.25, -0.2) is 0 Å². The second-order valence-electron chi connectivity index (χ2n) is 3.32. The van der Waals surface area contributed by atoms with Gasteiger partial charge in [0, 0.05) is 9.26 Å². The zero-order valence-corrected chi connectivity index (χ0v) is 9.89. The smallest absolute Gasteiger partial charge is 0.323 e. The molecule has 0 bridgehead atoms. The monoisotopic (exact) mass is 317 g/mol. The Balaban J connectivity index is 2.37. The third kappa shape index (κ3) is 1.97. The minimum absolute atomic E-state index is 0.144. The van der Waals surface area contributed by atoms with E-state index in [0.29, 0.717) is 6.42 Å². The minimum atomic E-state index is -0.991. The molecule has 0 aromatic heterocycles. The van der Waals surface area contributed by atoms with Gasteiger partial charge in [0.05, 0.1) is 6.42 Å². The molecule has 1 amide bonds. The summed E-state index contributed by atoms with van der Waals surface area (Å²) in [6, 6.07) is 5.58. The van der Waals surface area contributed by atoms with Crippen LogP contribution in [0.5, 0.6) is 0 Å². The van der Waals surface area contributed by atoms with Crippen LogP contribution < -0.4 is 4.90 Å². The van der Waals surface area contributed by atoms with Crippen molar-refractivity contribution in [3.05, 3.63) is 27.3 Å². The highest BCUT2D eigenvalue weighted by molar-refractivity contribution is 14.1. The van der Waals surface area contributed by atoms with Crippen LogP contribution in [0.2, 0.25) is 0 Å². The third-order valence-electron chi connectivity index (χ3n) is 2.27. The number of aliphatic carboxylic acids is 1. The summed E-state index contributed by atoms with van der Waals surface area (Å²) in [4.78, 5) is 23.4. The lowest BCUT2D eigenvalue weighted by atomic mass is 10.2. The summed E-state index contributed by atoms with van der Waals surface area (Å²) in [5.74, 6) is -1.14. The van der Waals surface area contributed by atoms with Crippen molar-refractivity contribution in [1.82, 2.24) is 0 Å². The molecular formula is C10H8INO3. The molecule has 1 aliphatic rings. The Hall–Kier alpha value is -1.11. The maximum atomic E-state index is 11.5. The van der Waals surface area contributed by atoms with E-state index in [1.165, 1.54) is 4.90 Å². The van der Waals surface area contributed by atoms with E-state index in [4.69, 9.17) is 5.11 Å². The number of hydrogen-bond donors (Lipinski definition) is 1. The zero-order valence-electron chi connectivity index (χ0n) is 7.74. The Morgan fingerprint density at radius 1 is 1.53 bits per heavy atom. The zero-order chi connectivity index (χ0) is 11.0. The second-order valence-corrected chi connectivity index (χ2v) is 4.57. The van der Waals surface area contributed by atoms with Gasteiger partial charge in [-0.1, -0.05) is 0 Å². The van der Waals surface area contributed by atoms with E-state index in [1.807, 2.05) is 12.1 Å². The molecule has 1 aromatic carbocycles. The number of benzene rings is 1. The summed E-state index contributed by atoms with van der Waals surface area (Å²) in [5.41, 5.74) is 1.64. The SMILES string of the molecule is O=C(O)CN1C(=O)Cc2cc(I)ccc21. The highest BCUT2D eigenvalue weighted by Crippen LogP contribution is 2.29. The highest BCUT2D eigenvalue weighted by Gasteiger charge is 2.28. The van der Waals surface area contributed by atoms with Crippen LogP contribution in [0.25, 0.3) is 0 Å². The number of fused-ring (bicyclic) bond motifs is 1. The predicted octanol–water partition coefficient (Wildman–Crippen LogP) is 1.26. The van der Waals surface area contributed by atoms with Gasteiger partial charge in [-0.3, -0.25) is 9.59 Å². The van der Waals surface area contributed by atoms with Crippen molar-refractivity contribution in [3.63, 3.8) is 0 Å². The first kappa shape index (κ1) is 10.4. The lowest BCUT2D eigenvalue weighted by Crippen LogP contribution is -2.32. The first-order valence-electron chi connectivity index (χ1n) is 4.38. The molecule has 2 rings (SSSR count). The standard InChI is InChI=1S/C10H8INO3/c11-7-1-2-8-6(3-7)4-9(13)12(8)5-10(14)15/h1-3H,4-5H2,(H,14,15). The fourth-order valence-electron chi connectivity index (χ4n) is 1.66. The van der Waals surface area contributed by atoms with Crippen LogP contribution in [0.3, 0.4) is 0 Å². The number of carboxylic acids is 1. The van der Waals surface area contributed by atoms with E-state index in [-0.39, 0.29) is 12.5 Å². The Labute approximate surface area is 100 Å². The van der Waals surface area contributed by atoms with Gasteiger partial charge in [0.25, 0.3) is 0 Å². The van der Waals surface area contributed by atoms with Gasteiger partial charge in [-0.05, 0) is 46.4 Å².